The topological polar surface area (TPSA) is 96.0 Å². The van der Waals surface area contributed by atoms with E-state index in [1.807, 2.05) is 12.1 Å². The fourth-order valence-corrected chi connectivity index (χ4v) is 3.27. The Morgan fingerprint density at radius 2 is 2.00 bits per heavy atom. The number of rotatable bonds is 5. The monoisotopic (exact) mass is 321 g/mol. The number of benzene rings is 1. The van der Waals surface area contributed by atoms with Crippen molar-refractivity contribution >= 4 is 27.0 Å². The smallest absolute Gasteiger partial charge is 0.238 e. The van der Waals surface area contributed by atoms with Crippen molar-refractivity contribution in [2.75, 3.05) is 5.32 Å². The molecule has 0 saturated heterocycles. The zero-order valence-electron chi connectivity index (χ0n) is 11.5. The van der Waals surface area contributed by atoms with E-state index in [-0.39, 0.29) is 10.5 Å². The molecular formula is C14H15N3O2S2. The second-order valence-electron chi connectivity index (χ2n) is 4.44. The van der Waals surface area contributed by atoms with Crippen LogP contribution in [0.5, 0.6) is 0 Å². The number of primary sulfonamides is 1. The number of nitrogens with one attached hydrogen (secondary N) is 1. The maximum absolute atomic E-state index is 11.3. The molecule has 0 bridgehead atoms. The average molecular weight is 321 g/mol. The van der Waals surface area contributed by atoms with Crippen LogP contribution in [0, 0.1) is 11.3 Å². The lowest BCUT2D eigenvalue weighted by Gasteiger charge is -2.08. The van der Waals surface area contributed by atoms with Crippen molar-refractivity contribution in [2.24, 2.45) is 5.14 Å². The second kappa shape index (κ2) is 6.26. The van der Waals surface area contributed by atoms with Gasteiger partial charge in [-0.05, 0) is 36.8 Å². The molecule has 0 amide bonds. The minimum Gasteiger partial charge on any atom is -0.379 e. The lowest BCUT2D eigenvalue weighted by Crippen LogP contribution is -2.12. The molecule has 21 heavy (non-hydrogen) atoms. The molecule has 0 aliphatic heterocycles. The zero-order chi connectivity index (χ0) is 15.5. The molecule has 0 aliphatic carbocycles. The second-order valence-corrected chi connectivity index (χ2v) is 7.25. The summed E-state index contributed by atoms with van der Waals surface area (Å²) < 4.78 is 22.6. The lowest BCUT2D eigenvalue weighted by molar-refractivity contribution is 0.598. The summed E-state index contributed by atoms with van der Waals surface area (Å²) in [7, 11) is -3.80. The van der Waals surface area contributed by atoms with E-state index in [0.29, 0.717) is 12.2 Å². The van der Waals surface area contributed by atoms with Crippen LogP contribution in [0.3, 0.4) is 0 Å². The van der Waals surface area contributed by atoms with Gasteiger partial charge >= 0.3 is 0 Å². The molecule has 0 atom stereocenters. The van der Waals surface area contributed by atoms with Gasteiger partial charge in [-0.25, -0.2) is 13.6 Å². The highest BCUT2D eigenvalue weighted by Gasteiger charge is 2.11. The quantitative estimate of drug-likeness (QED) is 0.884. The van der Waals surface area contributed by atoms with Crippen molar-refractivity contribution in [3.05, 3.63) is 45.6 Å². The Hall–Kier alpha value is -1.88. The number of thiophene rings is 1. The van der Waals surface area contributed by atoms with Crippen molar-refractivity contribution < 1.29 is 8.42 Å². The van der Waals surface area contributed by atoms with E-state index >= 15 is 0 Å². The number of hydrogen-bond donors (Lipinski definition) is 2. The fourth-order valence-electron chi connectivity index (χ4n) is 1.84. The third kappa shape index (κ3) is 3.82. The van der Waals surface area contributed by atoms with Gasteiger partial charge in [-0.15, -0.1) is 11.3 Å². The van der Waals surface area contributed by atoms with Crippen molar-refractivity contribution in [1.82, 2.24) is 0 Å². The Kier molecular flexibility index (Phi) is 4.63. The molecule has 0 radical (unpaired) electrons. The van der Waals surface area contributed by atoms with Crippen LogP contribution in [0.4, 0.5) is 5.69 Å². The van der Waals surface area contributed by atoms with Crippen molar-refractivity contribution in [3.8, 4) is 6.07 Å². The Morgan fingerprint density at radius 1 is 1.29 bits per heavy atom. The number of hydrogen-bond acceptors (Lipinski definition) is 5. The normalized spacial score (nSPS) is 11.1. The summed E-state index contributed by atoms with van der Waals surface area (Å²) in [6.45, 7) is 2.69. The first-order valence-corrected chi connectivity index (χ1v) is 8.68. The third-order valence-corrected chi connectivity index (χ3v) is 5.10. The third-order valence-electron chi connectivity index (χ3n) is 2.96. The van der Waals surface area contributed by atoms with Gasteiger partial charge in [0, 0.05) is 16.3 Å². The van der Waals surface area contributed by atoms with Gasteiger partial charge in [0.15, 0.2) is 0 Å². The fraction of sp³-hybridized carbons (Fsp3) is 0.214. The molecular weight excluding hydrogens is 306 g/mol. The Bertz CT molecular complexity index is 789. The van der Waals surface area contributed by atoms with Crippen LogP contribution in [0.2, 0.25) is 0 Å². The molecule has 2 rings (SSSR count). The van der Waals surface area contributed by atoms with Crippen LogP contribution in [0.25, 0.3) is 0 Å². The molecule has 5 nitrogen and oxygen atoms in total. The van der Waals surface area contributed by atoms with E-state index in [2.05, 4.69) is 18.3 Å². The van der Waals surface area contributed by atoms with Crippen LogP contribution in [-0.4, -0.2) is 8.42 Å². The maximum Gasteiger partial charge on any atom is 0.238 e. The molecule has 0 aliphatic rings. The summed E-state index contributed by atoms with van der Waals surface area (Å²) >= 11 is 1.71. The van der Waals surface area contributed by atoms with Crippen molar-refractivity contribution in [3.63, 3.8) is 0 Å². The van der Waals surface area contributed by atoms with E-state index in [0.717, 1.165) is 11.3 Å². The van der Waals surface area contributed by atoms with Crippen LogP contribution < -0.4 is 10.5 Å². The number of nitrogens with two attached hydrogens (primary N) is 1. The van der Waals surface area contributed by atoms with E-state index in [1.54, 1.807) is 17.4 Å². The zero-order valence-corrected chi connectivity index (χ0v) is 13.1. The summed E-state index contributed by atoms with van der Waals surface area (Å²) in [5, 5.41) is 17.3. The summed E-state index contributed by atoms with van der Waals surface area (Å²) in [5.41, 5.74) is 0.852. The minimum absolute atomic E-state index is 0.0611. The summed E-state index contributed by atoms with van der Waals surface area (Å²) in [6, 6.07) is 10.3. The van der Waals surface area contributed by atoms with Gasteiger partial charge in [0.05, 0.1) is 16.1 Å². The van der Waals surface area contributed by atoms with Gasteiger partial charge < -0.3 is 5.32 Å². The molecule has 0 unspecified atom stereocenters. The Labute approximate surface area is 128 Å². The van der Waals surface area contributed by atoms with Gasteiger partial charge in [-0.2, -0.15) is 5.26 Å². The highest BCUT2D eigenvalue weighted by molar-refractivity contribution is 7.89. The van der Waals surface area contributed by atoms with Gasteiger partial charge in [-0.1, -0.05) is 6.92 Å². The molecule has 0 fully saturated rings. The number of nitrogens with zero attached hydrogens (tertiary/aromatic N) is 1. The van der Waals surface area contributed by atoms with Crippen molar-refractivity contribution in [1.29, 1.82) is 5.26 Å². The first-order chi connectivity index (χ1) is 9.94. The average Bonchev–Trinajstić information content (AvgIpc) is 2.92. The SMILES string of the molecule is CCc1ccc(CNc2ccc(S(N)(=O)=O)cc2C#N)s1. The van der Waals surface area contributed by atoms with Crippen molar-refractivity contribution in [2.45, 2.75) is 24.8 Å². The Morgan fingerprint density at radius 3 is 2.57 bits per heavy atom. The van der Waals surface area contributed by atoms with Crippen LogP contribution in [0.1, 0.15) is 22.2 Å². The molecule has 0 saturated carbocycles. The van der Waals surface area contributed by atoms with Crippen LogP contribution in [-0.2, 0) is 23.0 Å². The first-order valence-electron chi connectivity index (χ1n) is 6.32. The molecule has 7 heteroatoms. The lowest BCUT2D eigenvalue weighted by atomic mass is 10.2. The largest absolute Gasteiger partial charge is 0.379 e. The van der Waals surface area contributed by atoms with E-state index in [4.69, 9.17) is 10.4 Å². The molecule has 2 aromatic rings. The van der Waals surface area contributed by atoms with Gasteiger partial charge in [0.2, 0.25) is 10.0 Å². The molecule has 1 aromatic carbocycles. The molecule has 0 spiro atoms. The predicted molar refractivity (Wildman–Crippen MR) is 83.6 cm³/mol. The summed E-state index contributed by atoms with van der Waals surface area (Å²) in [4.78, 5) is 2.40. The van der Waals surface area contributed by atoms with Gasteiger partial charge in [-0.3, -0.25) is 0 Å². The van der Waals surface area contributed by atoms with Crippen LogP contribution >= 0.6 is 11.3 Å². The van der Waals surface area contributed by atoms with E-state index in [9.17, 15) is 8.42 Å². The number of nitriles is 1. The molecule has 1 heterocycles. The van der Waals surface area contributed by atoms with Gasteiger partial charge in [0.1, 0.15) is 6.07 Å². The minimum atomic E-state index is -3.80. The highest BCUT2D eigenvalue weighted by atomic mass is 32.2. The highest BCUT2D eigenvalue weighted by Crippen LogP contribution is 2.22. The number of anilines is 1. The number of aryl methyl sites for hydroxylation is 1. The molecule has 3 N–H and O–H groups in total. The standard InChI is InChI=1S/C14H15N3O2S2/c1-2-11-3-4-12(20-11)9-17-14-6-5-13(21(16,18)19)7-10(14)8-15/h3-7,17H,2,9H2,1H3,(H2,16,18,19). The first kappa shape index (κ1) is 15.5. The van der Waals surface area contributed by atoms with E-state index < -0.39 is 10.0 Å². The summed E-state index contributed by atoms with van der Waals surface area (Å²) in [5.74, 6) is 0. The number of sulfonamides is 1. The molecule has 110 valence electrons. The van der Waals surface area contributed by atoms with E-state index in [1.165, 1.54) is 17.0 Å². The molecule has 1 aromatic heterocycles. The van der Waals surface area contributed by atoms with Crippen LogP contribution in [0.15, 0.2) is 35.2 Å². The Balaban J connectivity index is 2.19. The maximum atomic E-state index is 11.3. The predicted octanol–water partition coefficient (Wildman–Crippen LogP) is 2.44. The van der Waals surface area contributed by atoms with Gasteiger partial charge in [0.25, 0.3) is 0 Å². The summed E-state index contributed by atoms with van der Waals surface area (Å²) in [6.07, 6.45) is 0.997.